The number of carbonyl (C=O) groups excluding carboxylic acids is 4. The molecule has 11 nitrogen and oxygen atoms in total. The number of primary amides is 1. The third kappa shape index (κ3) is 18.1. The van der Waals surface area contributed by atoms with Gasteiger partial charge in [-0.15, -0.1) is 0 Å². The largest absolute Gasteiger partial charge is 0.508 e. The molecule has 0 aliphatic heterocycles. The summed E-state index contributed by atoms with van der Waals surface area (Å²) in [7, 11) is 0. The summed E-state index contributed by atoms with van der Waals surface area (Å²) in [6.07, 6.45) is 2.75. The van der Waals surface area contributed by atoms with Crippen molar-refractivity contribution < 1.29 is 33.8 Å². The third-order valence-electron chi connectivity index (χ3n) is 6.53. The molecule has 0 saturated heterocycles. The predicted octanol–water partition coefficient (Wildman–Crippen LogP) is 5.31. The van der Waals surface area contributed by atoms with E-state index in [1.807, 2.05) is 38.3 Å². The Kier molecular flexibility index (Phi) is 17.2. The van der Waals surface area contributed by atoms with E-state index in [0.29, 0.717) is 18.7 Å². The number of hydrogen-bond acceptors (Lipinski definition) is 8. The van der Waals surface area contributed by atoms with Gasteiger partial charge in [-0.1, -0.05) is 30.3 Å². The second-order valence-corrected chi connectivity index (χ2v) is 14.2. The van der Waals surface area contributed by atoms with Crippen LogP contribution in [0.1, 0.15) is 76.6 Å². The summed E-state index contributed by atoms with van der Waals surface area (Å²) in [6.45, 7) is 14.7. The van der Waals surface area contributed by atoms with E-state index in [0.717, 1.165) is 29.5 Å². The Hall–Kier alpha value is -3.93. The predicted molar refractivity (Wildman–Crippen MR) is 188 cm³/mol. The Labute approximate surface area is 284 Å². The molecule has 0 fully saturated rings. The van der Waals surface area contributed by atoms with Gasteiger partial charge in [0, 0.05) is 13.0 Å². The number of aromatic hydroxyl groups is 1. The van der Waals surface area contributed by atoms with Crippen LogP contribution in [-0.2, 0) is 31.9 Å². The first-order valence-electron chi connectivity index (χ1n) is 15.7. The summed E-state index contributed by atoms with van der Waals surface area (Å²) in [6, 6.07) is 11.6. The van der Waals surface area contributed by atoms with Gasteiger partial charge in [-0.25, -0.2) is 9.59 Å². The molecule has 0 saturated carbocycles. The van der Waals surface area contributed by atoms with Gasteiger partial charge in [0.05, 0.1) is 0 Å². The molecule has 0 heterocycles. The molecule has 0 unspecified atom stereocenters. The molecule has 0 aromatic heterocycles. The summed E-state index contributed by atoms with van der Waals surface area (Å²) >= 11 is 1.59. The number of phenolic OH excluding ortho intramolecular Hbond substituents is 1. The Morgan fingerprint density at radius 2 is 1.45 bits per heavy atom. The van der Waals surface area contributed by atoms with Gasteiger partial charge >= 0.3 is 12.2 Å². The second kappa shape index (κ2) is 19.7. The highest BCUT2D eigenvalue weighted by atomic mass is 32.2. The quantitative estimate of drug-likeness (QED) is 0.178. The van der Waals surface area contributed by atoms with Crippen LogP contribution in [0.15, 0.2) is 42.5 Å². The van der Waals surface area contributed by atoms with Crippen molar-refractivity contribution in [3.05, 3.63) is 64.7 Å². The molecule has 2 rings (SSSR count). The zero-order valence-electron chi connectivity index (χ0n) is 29.3. The van der Waals surface area contributed by atoms with Gasteiger partial charge < -0.3 is 36.3 Å². The first-order chi connectivity index (χ1) is 21.8. The number of nitrogens with two attached hydrogens (primary N) is 1. The molecule has 0 aliphatic carbocycles. The Balaban J connectivity index is 0.00000122. The molecule has 12 heteroatoms. The van der Waals surface area contributed by atoms with Crippen LogP contribution in [0.5, 0.6) is 5.75 Å². The lowest BCUT2D eigenvalue weighted by Gasteiger charge is -2.26. The van der Waals surface area contributed by atoms with E-state index < -0.39 is 41.4 Å². The van der Waals surface area contributed by atoms with Crippen LogP contribution in [-0.4, -0.2) is 70.9 Å². The van der Waals surface area contributed by atoms with E-state index in [4.69, 9.17) is 10.5 Å². The van der Waals surface area contributed by atoms with Crippen LogP contribution in [0.3, 0.4) is 0 Å². The Morgan fingerprint density at radius 1 is 0.872 bits per heavy atom. The molecule has 0 aliphatic rings. The monoisotopic (exact) mass is 674 g/mol. The maximum atomic E-state index is 13.5. The molecule has 0 spiro atoms. The van der Waals surface area contributed by atoms with Gasteiger partial charge in [0.25, 0.3) is 0 Å². The minimum atomic E-state index is -0.982. The fraction of sp³-hybridized carbons (Fsp3) is 0.543. The van der Waals surface area contributed by atoms with E-state index in [1.165, 1.54) is 5.56 Å². The topological polar surface area (TPSA) is 169 Å². The number of phenols is 1. The number of amides is 4. The van der Waals surface area contributed by atoms with Gasteiger partial charge in [0.1, 0.15) is 29.0 Å². The Bertz CT molecular complexity index is 1280. The van der Waals surface area contributed by atoms with Gasteiger partial charge in [-0.05, 0) is 121 Å². The van der Waals surface area contributed by atoms with Crippen molar-refractivity contribution in [2.24, 2.45) is 5.73 Å². The first-order valence-corrected chi connectivity index (χ1v) is 17.1. The summed E-state index contributed by atoms with van der Waals surface area (Å²) in [4.78, 5) is 49.2. The molecule has 0 radical (unpaired) electrons. The lowest BCUT2D eigenvalue weighted by Crippen LogP contribution is -2.55. The number of nitrogens with one attached hydrogen (secondary N) is 3. The molecule has 6 N–H and O–H groups in total. The normalized spacial score (nSPS) is 12.4. The molecular weight excluding hydrogens is 620 g/mol. The molecule has 4 amide bonds. The van der Waals surface area contributed by atoms with Crippen molar-refractivity contribution in [2.45, 2.75) is 104 Å². The molecule has 2 atom stereocenters. The third-order valence-corrected chi connectivity index (χ3v) is 7.18. The maximum Gasteiger partial charge on any atom is 0.408 e. The number of benzene rings is 2. The minimum absolute atomic E-state index is 0.135. The standard InChI is InChI=1S/C30H43N3O5S.C5H11NO2/c1-20-17-23(34)18-21(2)24(20)19-26(33-29(37)38-30(3,4)5)28(36)32-25(14-16-39-6)27(35)31-15-10-13-22-11-8-7-9-12-22;1-5(2,3)8-4(6)7/h7-9,11-12,17-18,25-26,34H,10,13-16,19H2,1-6H3,(H,31,35)(H,32,36)(H,33,37);1-3H3,(H2,6,7)/t25-,26+;/m1./s1. The highest BCUT2D eigenvalue weighted by Gasteiger charge is 2.29. The van der Waals surface area contributed by atoms with Crippen molar-refractivity contribution in [3.8, 4) is 5.75 Å². The van der Waals surface area contributed by atoms with E-state index in [-0.39, 0.29) is 18.1 Å². The van der Waals surface area contributed by atoms with Crippen molar-refractivity contribution >= 4 is 35.8 Å². The molecule has 47 heavy (non-hydrogen) atoms. The zero-order chi connectivity index (χ0) is 35.8. The average molecular weight is 675 g/mol. The lowest BCUT2D eigenvalue weighted by atomic mass is 9.95. The van der Waals surface area contributed by atoms with Gasteiger partial charge in [0.2, 0.25) is 11.8 Å². The number of ether oxygens (including phenoxy) is 2. The van der Waals surface area contributed by atoms with Crippen LogP contribution in [0.2, 0.25) is 0 Å². The van der Waals surface area contributed by atoms with Crippen molar-refractivity contribution in [1.29, 1.82) is 0 Å². The SMILES string of the molecule is CC(C)(C)OC(N)=O.CSCC[C@@H](NC(=O)[C@H](Cc1c(C)cc(O)cc1C)NC(=O)OC(C)(C)C)C(=O)NCCCc1ccccc1. The van der Waals surface area contributed by atoms with Crippen molar-refractivity contribution in [2.75, 3.05) is 18.6 Å². The van der Waals surface area contributed by atoms with E-state index in [9.17, 15) is 24.3 Å². The summed E-state index contributed by atoms with van der Waals surface area (Å²) < 4.78 is 9.98. The van der Waals surface area contributed by atoms with Crippen LogP contribution < -0.4 is 21.7 Å². The highest BCUT2D eigenvalue weighted by molar-refractivity contribution is 7.98. The summed E-state index contributed by atoms with van der Waals surface area (Å²) in [5.41, 5.74) is 7.15. The maximum absolute atomic E-state index is 13.5. The molecular formula is C35H54N4O7S. The number of aryl methyl sites for hydroxylation is 3. The van der Waals surface area contributed by atoms with Gasteiger partial charge in [0.15, 0.2) is 0 Å². The number of hydrogen-bond donors (Lipinski definition) is 5. The average Bonchev–Trinajstić information content (AvgIpc) is 2.93. The number of carbonyl (C=O) groups is 4. The fourth-order valence-electron chi connectivity index (χ4n) is 4.51. The number of alkyl carbamates (subject to hydrolysis) is 1. The smallest absolute Gasteiger partial charge is 0.408 e. The van der Waals surface area contributed by atoms with Crippen molar-refractivity contribution in [3.63, 3.8) is 0 Å². The lowest BCUT2D eigenvalue weighted by molar-refractivity contribution is -0.130. The first kappa shape index (κ1) is 41.1. The van der Waals surface area contributed by atoms with E-state index in [1.54, 1.807) is 65.4 Å². The molecule has 262 valence electrons. The summed E-state index contributed by atoms with van der Waals surface area (Å²) in [5.74, 6) is 0.0931. The summed E-state index contributed by atoms with van der Waals surface area (Å²) in [5, 5.41) is 18.4. The highest BCUT2D eigenvalue weighted by Crippen LogP contribution is 2.22. The molecule has 2 aromatic rings. The van der Waals surface area contributed by atoms with E-state index >= 15 is 0 Å². The number of rotatable bonds is 13. The van der Waals surface area contributed by atoms with Crippen LogP contribution in [0.4, 0.5) is 9.59 Å². The molecule has 2 aromatic carbocycles. The van der Waals surface area contributed by atoms with E-state index in [2.05, 4.69) is 32.8 Å². The van der Waals surface area contributed by atoms with Crippen LogP contribution in [0.25, 0.3) is 0 Å². The van der Waals surface area contributed by atoms with Gasteiger partial charge in [-0.2, -0.15) is 11.8 Å². The fourth-order valence-corrected chi connectivity index (χ4v) is 4.98. The second-order valence-electron chi connectivity index (χ2n) is 13.2. The Morgan fingerprint density at radius 3 is 1.94 bits per heavy atom. The van der Waals surface area contributed by atoms with Gasteiger partial charge in [-0.3, -0.25) is 9.59 Å². The van der Waals surface area contributed by atoms with Crippen LogP contribution >= 0.6 is 11.8 Å². The number of thioether (sulfide) groups is 1. The van der Waals surface area contributed by atoms with Crippen molar-refractivity contribution in [1.82, 2.24) is 16.0 Å². The molecule has 0 bridgehead atoms. The van der Waals surface area contributed by atoms with Crippen LogP contribution in [0, 0.1) is 13.8 Å². The zero-order valence-corrected chi connectivity index (χ0v) is 30.1. The minimum Gasteiger partial charge on any atom is -0.508 e.